The third kappa shape index (κ3) is 1.65. The van der Waals surface area contributed by atoms with Crippen molar-refractivity contribution in [3.05, 3.63) is 36.7 Å². The van der Waals surface area contributed by atoms with Gasteiger partial charge in [0, 0.05) is 23.7 Å². The predicted octanol–water partition coefficient (Wildman–Crippen LogP) is 2.58. The predicted molar refractivity (Wildman–Crippen MR) is 63.1 cm³/mol. The number of rotatable bonds is 2. The number of nitrogens with one attached hydrogen (secondary N) is 1. The Morgan fingerprint density at radius 1 is 1.31 bits per heavy atom. The van der Waals surface area contributed by atoms with Crippen LogP contribution >= 0.6 is 0 Å². The monoisotopic (exact) mass is 212 g/mol. The first-order valence-electron chi connectivity index (χ1n) is 5.48. The van der Waals surface area contributed by atoms with Gasteiger partial charge in [-0.15, -0.1) is 0 Å². The van der Waals surface area contributed by atoms with Gasteiger partial charge in [-0.3, -0.25) is 9.78 Å². The molecule has 0 bridgehead atoms. The number of hydrogen-bond acceptors (Lipinski definition) is 2. The van der Waals surface area contributed by atoms with Gasteiger partial charge in [-0.05, 0) is 30.4 Å². The van der Waals surface area contributed by atoms with Crippen LogP contribution in [-0.4, -0.2) is 10.9 Å². The zero-order valence-corrected chi connectivity index (χ0v) is 8.81. The van der Waals surface area contributed by atoms with Gasteiger partial charge in [-0.25, -0.2) is 0 Å². The lowest BCUT2D eigenvalue weighted by Gasteiger charge is -2.07. The van der Waals surface area contributed by atoms with E-state index in [1.54, 1.807) is 12.4 Å². The molecule has 3 rings (SSSR count). The summed E-state index contributed by atoms with van der Waals surface area (Å²) in [6.45, 7) is 0. The molecule has 1 saturated carbocycles. The zero-order chi connectivity index (χ0) is 11.0. The zero-order valence-electron chi connectivity index (χ0n) is 8.81. The van der Waals surface area contributed by atoms with E-state index in [0.29, 0.717) is 0 Å². The smallest absolute Gasteiger partial charge is 0.227 e. The maximum Gasteiger partial charge on any atom is 0.227 e. The molecule has 0 unspecified atom stereocenters. The molecule has 16 heavy (non-hydrogen) atoms. The van der Waals surface area contributed by atoms with Gasteiger partial charge < -0.3 is 5.32 Å². The van der Waals surface area contributed by atoms with E-state index >= 15 is 0 Å². The fourth-order valence-electron chi connectivity index (χ4n) is 1.80. The average molecular weight is 212 g/mol. The van der Waals surface area contributed by atoms with Gasteiger partial charge in [0.05, 0.1) is 5.69 Å². The van der Waals surface area contributed by atoms with Crippen molar-refractivity contribution in [2.75, 3.05) is 5.32 Å². The van der Waals surface area contributed by atoms with Crippen LogP contribution < -0.4 is 5.32 Å². The van der Waals surface area contributed by atoms with Crippen LogP contribution in [-0.2, 0) is 4.79 Å². The van der Waals surface area contributed by atoms with E-state index in [2.05, 4.69) is 10.3 Å². The number of anilines is 1. The number of carbonyl (C=O) groups excluding carboxylic acids is 1. The van der Waals surface area contributed by atoms with Crippen molar-refractivity contribution < 1.29 is 4.79 Å². The third-order valence-corrected chi connectivity index (χ3v) is 2.89. The van der Waals surface area contributed by atoms with Crippen LogP contribution in [0.1, 0.15) is 12.8 Å². The molecule has 1 aromatic heterocycles. The lowest BCUT2D eigenvalue weighted by molar-refractivity contribution is -0.117. The minimum absolute atomic E-state index is 0.136. The minimum Gasteiger partial charge on any atom is -0.325 e. The molecule has 1 aromatic carbocycles. The van der Waals surface area contributed by atoms with Crippen LogP contribution in [0.2, 0.25) is 0 Å². The average Bonchev–Trinajstić information content (AvgIpc) is 3.13. The first kappa shape index (κ1) is 9.33. The van der Waals surface area contributed by atoms with Gasteiger partial charge in [-0.2, -0.15) is 0 Å². The van der Waals surface area contributed by atoms with E-state index < -0.39 is 0 Å². The maximum atomic E-state index is 11.7. The van der Waals surface area contributed by atoms with E-state index in [-0.39, 0.29) is 11.8 Å². The normalized spacial score (nSPS) is 15.0. The van der Waals surface area contributed by atoms with Crippen molar-refractivity contribution in [1.29, 1.82) is 0 Å². The summed E-state index contributed by atoms with van der Waals surface area (Å²) in [6, 6.07) is 7.83. The Morgan fingerprint density at radius 2 is 2.19 bits per heavy atom. The fraction of sp³-hybridized carbons (Fsp3) is 0.231. The largest absolute Gasteiger partial charge is 0.325 e. The van der Waals surface area contributed by atoms with Crippen LogP contribution in [0.5, 0.6) is 0 Å². The first-order valence-corrected chi connectivity index (χ1v) is 5.48. The fourth-order valence-corrected chi connectivity index (χ4v) is 1.80. The maximum absolute atomic E-state index is 11.7. The highest BCUT2D eigenvalue weighted by Crippen LogP contribution is 2.31. The van der Waals surface area contributed by atoms with E-state index in [1.807, 2.05) is 24.3 Å². The molecule has 0 saturated heterocycles. The number of aromatic nitrogens is 1. The lowest BCUT2D eigenvalue weighted by atomic mass is 10.1. The Bertz CT molecular complexity index is 541. The summed E-state index contributed by atoms with van der Waals surface area (Å²) in [5.41, 5.74) is 0.863. The molecule has 0 aliphatic heterocycles. The van der Waals surface area contributed by atoms with Crippen LogP contribution in [0.15, 0.2) is 36.7 Å². The molecule has 1 fully saturated rings. The summed E-state index contributed by atoms with van der Waals surface area (Å²) >= 11 is 0. The molecular formula is C13H12N2O. The molecule has 0 spiro atoms. The Morgan fingerprint density at radius 3 is 3.00 bits per heavy atom. The number of hydrogen-bond donors (Lipinski definition) is 1. The van der Waals surface area contributed by atoms with Gasteiger partial charge in [0.25, 0.3) is 0 Å². The number of pyridine rings is 1. The van der Waals surface area contributed by atoms with Gasteiger partial charge in [0.1, 0.15) is 0 Å². The summed E-state index contributed by atoms with van der Waals surface area (Å²) in [5.74, 6) is 0.364. The molecule has 3 nitrogen and oxygen atoms in total. The molecule has 1 heterocycles. The summed E-state index contributed by atoms with van der Waals surface area (Å²) in [5, 5.41) is 5.07. The summed E-state index contributed by atoms with van der Waals surface area (Å²) in [6.07, 6.45) is 5.59. The molecule has 2 aromatic rings. The second-order valence-corrected chi connectivity index (χ2v) is 4.17. The van der Waals surface area contributed by atoms with E-state index in [0.717, 1.165) is 29.3 Å². The lowest BCUT2D eigenvalue weighted by Crippen LogP contribution is -2.13. The molecular weight excluding hydrogens is 200 g/mol. The van der Waals surface area contributed by atoms with Crippen LogP contribution in [0, 0.1) is 5.92 Å². The van der Waals surface area contributed by atoms with Crippen LogP contribution in [0.4, 0.5) is 5.69 Å². The third-order valence-electron chi connectivity index (χ3n) is 2.89. The topological polar surface area (TPSA) is 42.0 Å². The van der Waals surface area contributed by atoms with Crippen molar-refractivity contribution in [1.82, 2.24) is 4.98 Å². The number of nitrogens with zero attached hydrogens (tertiary/aromatic N) is 1. The van der Waals surface area contributed by atoms with Gasteiger partial charge >= 0.3 is 0 Å². The van der Waals surface area contributed by atoms with Crippen LogP contribution in [0.3, 0.4) is 0 Å². The van der Waals surface area contributed by atoms with Gasteiger partial charge in [0.2, 0.25) is 5.91 Å². The molecule has 1 amide bonds. The molecule has 80 valence electrons. The first-order chi connectivity index (χ1) is 7.84. The van der Waals surface area contributed by atoms with Gasteiger partial charge in [0.15, 0.2) is 0 Å². The Labute approximate surface area is 93.5 Å². The second kappa shape index (κ2) is 3.59. The Balaban J connectivity index is 1.99. The van der Waals surface area contributed by atoms with Crippen molar-refractivity contribution in [3.8, 4) is 0 Å². The standard InChI is InChI=1S/C13H12N2O/c16-13(10-4-5-10)15-12-3-1-2-9-6-7-14-8-11(9)12/h1-3,6-8,10H,4-5H2,(H,15,16). The highest BCUT2D eigenvalue weighted by atomic mass is 16.2. The molecule has 3 heteroatoms. The highest BCUT2D eigenvalue weighted by Gasteiger charge is 2.29. The quantitative estimate of drug-likeness (QED) is 0.831. The van der Waals surface area contributed by atoms with E-state index in [9.17, 15) is 4.79 Å². The summed E-state index contributed by atoms with van der Waals surface area (Å²) < 4.78 is 0. The second-order valence-electron chi connectivity index (χ2n) is 4.17. The number of amides is 1. The van der Waals surface area contributed by atoms with E-state index in [1.165, 1.54) is 0 Å². The molecule has 1 aliphatic rings. The summed E-state index contributed by atoms with van der Waals surface area (Å²) in [4.78, 5) is 15.8. The Hall–Kier alpha value is -1.90. The SMILES string of the molecule is O=C(Nc1cccc2ccncc12)C1CC1. The van der Waals surface area contributed by atoms with Crippen molar-refractivity contribution >= 4 is 22.4 Å². The molecule has 0 radical (unpaired) electrons. The highest BCUT2D eigenvalue weighted by molar-refractivity contribution is 6.03. The van der Waals surface area contributed by atoms with Crippen molar-refractivity contribution in [2.24, 2.45) is 5.92 Å². The molecule has 0 atom stereocenters. The van der Waals surface area contributed by atoms with Crippen molar-refractivity contribution in [3.63, 3.8) is 0 Å². The number of carbonyl (C=O) groups is 1. The molecule has 1 aliphatic carbocycles. The molecule has 1 N–H and O–H groups in total. The van der Waals surface area contributed by atoms with Crippen LogP contribution in [0.25, 0.3) is 10.8 Å². The van der Waals surface area contributed by atoms with E-state index in [4.69, 9.17) is 0 Å². The summed E-state index contributed by atoms with van der Waals surface area (Å²) in [7, 11) is 0. The number of fused-ring (bicyclic) bond motifs is 1. The van der Waals surface area contributed by atoms with Crippen molar-refractivity contribution in [2.45, 2.75) is 12.8 Å². The van der Waals surface area contributed by atoms with Gasteiger partial charge in [-0.1, -0.05) is 12.1 Å². The minimum atomic E-state index is 0.136. The Kier molecular flexibility index (Phi) is 2.10. The number of benzene rings is 1.